The Morgan fingerprint density at radius 1 is 1.00 bits per heavy atom. The number of hydrogen-bond donors (Lipinski definition) is 0. The second-order valence-corrected chi connectivity index (χ2v) is 5.90. The summed E-state index contributed by atoms with van der Waals surface area (Å²) < 4.78 is 6.85. The molecule has 0 aliphatic heterocycles. The maximum Gasteiger partial charge on any atom is 0.223 e. The SMILES string of the molecule is CSc1cc(Oc2ccc3cc(Br)ccc3c2)ncn1. The van der Waals surface area contributed by atoms with E-state index in [1.54, 1.807) is 11.8 Å². The van der Waals surface area contributed by atoms with Gasteiger partial charge in [0, 0.05) is 10.5 Å². The monoisotopic (exact) mass is 346 g/mol. The molecule has 0 bridgehead atoms. The van der Waals surface area contributed by atoms with Crippen molar-refractivity contribution in [2.75, 3.05) is 6.26 Å². The first-order valence-electron chi connectivity index (χ1n) is 5.98. The zero-order chi connectivity index (χ0) is 13.9. The van der Waals surface area contributed by atoms with Crippen LogP contribution in [-0.2, 0) is 0 Å². The summed E-state index contributed by atoms with van der Waals surface area (Å²) in [5, 5.41) is 3.18. The van der Waals surface area contributed by atoms with E-state index < -0.39 is 0 Å². The van der Waals surface area contributed by atoms with Crippen LogP contribution < -0.4 is 4.74 Å². The topological polar surface area (TPSA) is 35.0 Å². The van der Waals surface area contributed by atoms with Gasteiger partial charge in [0.2, 0.25) is 5.88 Å². The Balaban J connectivity index is 1.92. The molecule has 2 aromatic carbocycles. The molecule has 0 saturated heterocycles. The zero-order valence-electron chi connectivity index (χ0n) is 10.7. The van der Waals surface area contributed by atoms with Crippen LogP contribution in [0.25, 0.3) is 10.8 Å². The molecule has 0 radical (unpaired) electrons. The van der Waals surface area contributed by atoms with E-state index in [4.69, 9.17) is 4.74 Å². The van der Waals surface area contributed by atoms with Gasteiger partial charge in [0.25, 0.3) is 0 Å². The van der Waals surface area contributed by atoms with Gasteiger partial charge in [-0.05, 0) is 41.3 Å². The highest BCUT2D eigenvalue weighted by Gasteiger charge is 2.03. The van der Waals surface area contributed by atoms with Crippen molar-refractivity contribution in [3.05, 3.63) is 53.3 Å². The molecule has 0 saturated carbocycles. The molecule has 0 amide bonds. The molecule has 100 valence electrons. The van der Waals surface area contributed by atoms with Crippen LogP contribution in [0, 0.1) is 0 Å². The van der Waals surface area contributed by atoms with Crippen LogP contribution in [0.15, 0.2) is 58.3 Å². The van der Waals surface area contributed by atoms with E-state index in [0.29, 0.717) is 5.88 Å². The number of ether oxygens (including phenoxy) is 1. The van der Waals surface area contributed by atoms with E-state index in [9.17, 15) is 0 Å². The lowest BCUT2D eigenvalue weighted by Crippen LogP contribution is -1.90. The van der Waals surface area contributed by atoms with E-state index in [-0.39, 0.29) is 0 Å². The molecule has 20 heavy (non-hydrogen) atoms. The minimum absolute atomic E-state index is 0.556. The molecule has 0 aliphatic rings. The summed E-state index contributed by atoms with van der Waals surface area (Å²) in [4.78, 5) is 8.25. The van der Waals surface area contributed by atoms with Crippen molar-refractivity contribution < 1.29 is 4.74 Å². The zero-order valence-corrected chi connectivity index (χ0v) is 13.1. The van der Waals surface area contributed by atoms with Gasteiger partial charge in [0.15, 0.2) is 0 Å². The molecule has 0 aliphatic carbocycles. The maximum absolute atomic E-state index is 5.78. The molecule has 0 spiro atoms. The summed E-state index contributed by atoms with van der Waals surface area (Å²) in [6, 6.07) is 14.0. The van der Waals surface area contributed by atoms with Crippen LogP contribution in [0.3, 0.4) is 0 Å². The van der Waals surface area contributed by atoms with Crippen molar-refractivity contribution in [2.24, 2.45) is 0 Å². The first-order valence-corrected chi connectivity index (χ1v) is 7.99. The van der Waals surface area contributed by atoms with Gasteiger partial charge in [-0.2, -0.15) is 0 Å². The van der Waals surface area contributed by atoms with Gasteiger partial charge >= 0.3 is 0 Å². The Morgan fingerprint density at radius 2 is 1.80 bits per heavy atom. The van der Waals surface area contributed by atoms with Crippen molar-refractivity contribution in [1.29, 1.82) is 0 Å². The van der Waals surface area contributed by atoms with Crippen molar-refractivity contribution >= 4 is 38.5 Å². The minimum atomic E-state index is 0.556. The van der Waals surface area contributed by atoms with Crippen molar-refractivity contribution in [1.82, 2.24) is 9.97 Å². The summed E-state index contributed by atoms with van der Waals surface area (Å²) in [6.45, 7) is 0. The van der Waals surface area contributed by atoms with Gasteiger partial charge in [0.05, 0.1) is 0 Å². The molecule has 1 heterocycles. The molecule has 3 aromatic rings. The molecule has 3 nitrogen and oxygen atoms in total. The van der Waals surface area contributed by atoms with E-state index in [1.165, 1.54) is 11.7 Å². The summed E-state index contributed by atoms with van der Waals surface area (Å²) in [5.41, 5.74) is 0. The molecule has 5 heteroatoms. The van der Waals surface area contributed by atoms with Crippen LogP contribution in [0.5, 0.6) is 11.6 Å². The van der Waals surface area contributed by atoms with Gasteiger partial charge in [-0.1, -0.05) is 28.1 Å². The smallest absolute Gasteiger partial charge is 0.223 e. The van der Waals surface area contributed by atoms with Gasteiger partial charge in [0.1, 0.15) is 17.1 Å². The second kappa shape index (κ2) is 5.81. The fraction of sp³-hybridized carbons (Fsp3) is 0.0667. The molecule has 1 aromatic heterocycles. The number of aromatic nitrogens is 2. The fourth-order valence-electron chi connectivity index (χ4n) is 1.87. The molecule has 0 N–H and O–H groups in total. The highest BCUT2D eigenvalue weighted by Crippen LogP contribution is 2.27. The third kappa shape index (κ3) is 2.94. The van der Waals surface area contributed by atoms with E-state index in [1.807, 2.05) is 36.6 Å². The normalized spacial score (nSPS) is 10.7. The Hall–Kier alpha value is -1.59. The summed E-state index contributed by atoms with van der Waals surface area (Å²) in [5.74, 6) is 1.33. The quantitative estimate of drug-likeness (QED) is 0.498. The predicted molar refractivity (Wildman–Crippen MR) is 85.5 cm³/mol. The molecule has 3 rings (SSSR count). The predicted octanol–water partition coefficient (Wildman–Crippen LogP) is 4.91. The van der Waals surface area contributed by atoms with Gasteiger partial charge in [-0.15, -0.1) is 11.8 Å². The number of fused-ring (bicyclic) bond motifs is 1. The summed E-state index contributed by atoms with van der Waals surface area (Å²) >= 11 is 5.03. The molecule has 0 fully saturated rings. The van der Waals surface area contributed by atoms with Crippen molar-refractivity contribution in [3.8, 4) is 11.6 Å². The third-order valence-corrected chi connectivity index (χ3v) is 3.96. The number of hydrogen-bond acceptors (Lipinski definition) is 4. The lowest BCUT2D eigenvalue weighted by molar-refractivity contribution is 0.459. The largest absolute Gasteiger partial charge is 0.439 e. The number of benzene rings is 2. The first-order chi connectivity index (χ1) is 9.74. The third-order valence-electron chi connectivity index (χ3n) is 2.82. The Morgan fingerprint density at radius 3 is 2.65 bits per heavy atom. The second-order valence-electron chi connectivity index (χ2n) is 4.15. The first kappa shape index (κ1) is 13.4. The van der Waals surface area contributed by atoms with E-state index >= 15 is 0 Å². The van der Waals surface area contributed by atoms with Gasteiger partial charge < -0.3 is 4.74 Å². The molecular weight excluding hydrogens is 336 g/mol. The number of thioether (sulfide) groups is 1. The van der Waals surface area contributed by atoms with Crippen LogP contribution in [0.4, 0.5) is 0 Å². The maximum atomic E-state index is 5.78. The number of nitrogens with zero attached hydrogens (tertiary/aromatic N) is 2. The van der Waals surface area contributed by atoms with Gasteiger partial charge in [-0.3, -0.25) is 0 Å². The Kier molecular flexibility index (Phi) is 3.89. The molecule has 0 atom stereocenters. The lowest BCUT2D eigenvalue weighted by atomic mass is 10.1. The van der Waals surface area contributed by atoms with E-state index in [2.05, 4.69) is 38.0 Å². The van der Waals surface area contributed by atoms with Gasteiger partial charge in [-0.25, -0.2) is 9.97 Å². The summed E-state index contributed by atoms with van der Waals surface area (Å²) in [6.07, 6.45) is 3.49. The number of rotatable bonds is 3. The van der Waals surface area contributed by atoms with Crippen molar-refractivity contribution in [2.45, 2.75) is 5.03 Å². The van der Waals surface area contributed by atoms with E-state index in [0.717, 1.165) is 20.6 Å². The molecule has 0 unspecified atom stereocenters. The van der Waals surface area contributed by atoms with Crippen LogP contribution >= 0.6 is 27.7 Å². The highest BCUT2D eigenvalue weighted by molar-refractivity contribution is 9.10. The average Bonchev–Trinajstić information content (AvgIpc) is 2.47. The summed E-state index contributed by atoms with van der Waals surface area (Å²) in [7, 11) is 0. The average molecular weight is 347 g/mol. The minimum Gasteiger partial charge on any atom is -0.439 e. The van der Waals surface area contributed by atoms with Crippen LogP contribution in [0.2, 0.25) is 0 Å². The fourth-order valence-corrected chi connectivity index (χ4v) is 2.62. The molecular formula is C15H11BrN2OS. The highest BCUT2D eigenvalue weighted by atomic mass is 79.9. The van der Waals surface area contributed by atoms with Crippen molar-refractivity contribution in [3.63, 3.8) is 0 Å². The Labute approximate surface area is 129 Å². The van der Waals surface area contributed by atoms with Crippen LogP contribution in [-0.4, -0.2) is 16.2 Å². The standard InChI is InChI=1S/C15H11BrN2OS/c1-20-15-8-14(17-9-18-15)19-13-5-3-10-6-12(16)4-2-11(10)7-13/h2-9H,1H3. The lowest BCUT2D eigenvalue weighted by Gasteiger charge is -2.06. The number of halogens is 1. The van der Waals surface area contributed by atoms with Crippen LogP contribution in [0.1, 0.15) is 0 Å². The Bertz CT molecular complexity index is 764.